The van der Waals surface area contributed by atoms with Gasteiger partial charge in [0.2, 0.25) is 0 Å². The lowest BCUT2D eigenvalue weighted by Crippen LogP contribution is -2.48. The van der Waals surface area contributed by atoms with Crippen LogP contribution in [-0.4, -0.2) is 46.6 Å². The first kappa shape index (κ1) is 25.5. The molecular formula is C29H38N4O4. The van der Waals surface area contributed by atoms with Gasteiger partial charge in [-0.3, -0.25) is 4.79 Å². The van der Waals surface area contributed by atoms with Gasteiger partial charge in [-0.05, 0) is 81.7 Å². The molecule has 2 aliphatic rings. The van der Waals surface area contributed by atoms with E-state index >= 15 is 0 Å². The number of rotatable bonds is 9. The van der Waals surface area contributed by atoms with Gasteiger partial charge in [-0.15, -0.1) is 0 Å². The van der Waals surface area contributed by atoms with E-state index in [0.29, 0.717) is 17.0 Å². The molecule has 0 spiro atoms. The van der Waals surface area contributed by atoms with E-state index in [0.717, 1.165) is 57.4 Å². The lowest BCUT2D eigenvalue weighted by molar-refractivity contribution is 0.0918. The van der Waals surface area contributed by atoms with Gasteiger partial charge in [0.05, 0.1) is 6.26 Å². The summed E-state index contributed by atoms with van der Waals surface area (Å²) >= 11 is 0. The Morgan fingerprint density at radius 3 is 2.51 bits per heavy atom. The second-order valence-electron chi connectivity index (χ2n) is 10.9. The largest absolute Gasteiger partial charge is 0.459 e. The molecule has 8 nitrogen and oxygen atoms in total. The van der Waals surface area contributed by atoms with Crippen LogP contribution in [0.5, 0.6) is 0 Å². The van der Waals surface area contributed by atoms with Crippen molar-refractivity contribution < 1.29 is 13.7 Å². The number of benzene rings is 1. The van der Waals surface area contributed by atoms with E-state index in [-0.39, 0.29) is 11.9 Å². The van der Waals surface area contributed by atoms with Crippen molar-refractivity contribution in [3.63, 3.8) is 0 Å². The summed E-state index contributed by atoms with van der Waals surface area (Å²) in [7, 11) is 0. The summed E-state index contributed by atoms with van der Waals surface area (Å²) in [5, 5.41) is 2.67. The molecule has 0 radical (unpaired) electrons. The van der Waals surface area contributed by atoms with Gasteiger partial charge in [-0.1, -0.05) is 37.0 Å². The number of aryl methyl sites for hydroxylation is 2. The van der Waals surface area contributed by atoms with E-state index in [2.05, 4.69) is 34.1 Å². The van der Waals surface area contributed by atoms with Crippen molar-refractivity contribution in [2.45, 2.75) is 77.2 Å². The molecular weight excluding hydrogens is 468 g/mol. The van der Waals surface area contributed by atoms with Gasteiger partial charge in [-0.25, -0.2) is 9.95 Å². The Kier molecular flexibility index (Phi) is 7.93. The zero-order valence-corrected chi connectivity index (χ0v) is 21.8. The minimum absolute atomic E-state index is 0.0700. The Hall–Kier alpha value is -3.13. The Morgan fingerprint density at radius 2 is 1.86 bits per heavy atom. The average molecular weight is 507 g/mol. The van der Waals surface area contributed by atoms with Gasteiger partial charge in [0.25, 0.3) is 5.91 Å². The molecule has 198 valence electrons. The normalized spacial score (nSPS) is 18.6. The van der Waals surface area contributed by atoms with Crippen LogP contribution in [0.15, 0.2) is 56.4 Å². The topological polar surface area (TPSA) is 95.6 Å². The fourth-order valence-corrected chi connectivity index (χ4v) is 6.19. The van der Waals surface area contributed by atoms with Crippen LogP contribution in [0.25, 0.3) is 0 Å². The molecule has 3 heterocycles. The Morgan fingerprint density at radius 1 is 1.11 bits per heavy atom. The summed E-state index contributed by atoms with van der Waals surface area (Å²) in [6, 6.07) is 11.9. The number of aromatic nitrogens is 2. The number of likely N-dealkylation sites (tertiary alicyclic amines) is 1. The number of piperidine rings is 1. The van der Waals surface area contributed by atoms with E-state index in [1.54, 1.807) is 18.4 Å². The quantitative estimate of drug-likeness (QED) is 0.420. The maximum Gasteiger partial charge on any atom is 0.459 e. The smallest absolute Gasteiger partial charge is 0.459 e. The molecule has 2 fully saturated rings. The van der Waals surface area contributed by atoms with Crippen LogP contribution in [0.1, 0.15) is 79.7 Å². The predicted molar refractivity (Wildman–Crippen MR) is 142 cm³/mol. The molecule has 1 aromatic carbocycles. The van der Waals surface area contributed by atoms with Gasteiger partial charge >= 0.3 is 5.76 Å². The first-order valence-electron chi connectivity index (χ1n) is 13.7. The zero-order valence-electron chi connectivity index (χ0n) is 21.8. The van der Waals surface area contributed by atoms with Crippen molar-refractivity contribution >= 4 is 11.6 Å². The van der Waals surface area contributed by atoms with Crippen LogP contribution in [-0.2, 0) is 6.42 Å². The summed E-state index contributed by atoms with van der Waals surface area (Å²) in [5.74, 6) is 0.434. The first-order valence-corrected chi connectivity index (χ1v) is 13.7. The maximum atomic E-state index is 13.4. The number of aromatic amines is 1. The minimum Gasteiger partial charge on any atom is -0.459 e. The second-order valence-corrected chi connectivity index (χ2v) is 10.9. The number of H-pyrrole nitrogens is 1. The van der Waals surface area contributed by atoms with Gasteiger partial charge in [-0.2, -0.15) is 4.98 Å². The maximum absolute atomic E-state index is 13.4. The summed E-state index contributed by atoms with van der Waals surface area (Å²) in [5.41, 5.74) is 2.40. The van der Waals surface area contributed by atoms with Crippen LogP contribution < -0.4 is 10.7 Å². The molecule has 8 heteroatoms. The van der Waals surface area contributed by atoms with Crippen molar-refractivity contribution in [3.8, 4) is 0 Å². The molecule has 1 saturated carbocycles. The van der Waals surface area contributed by atoms with Gasteiger partial charge in [0.15, 0.2) is 5.76 Å². The molecule has 1 aliphatic heterocycles. The molecule has 1 saturated heterocycles. The van der Waals surface area contributed by atoms with Crippen molar-refractivity contribution in [2.24, 2.45) is 5.41 Å². The number of carbonyl (C=O) groups is 1. The van der Waals surface area contributed by atoms with Crippen molar-refractivity contribution in [1.82, 2.24) is 15.0 Å². The lowest BCUT2D eigenvalue weighted by atomic mass is 9.69. The zero-order chi connectivity index (χ0) is 25.7. The fraction of sp³-hybridized carbons (Fsp3) is 0.552. The number of nitrogens with one attached hydrogen (secondary N) is 1. The number of amides is 1. The van der Waals surface area contributed by atoms with Crippen molar-refractivity contribution in [3.05, 3.63) is 70.4 Å². The number of nitrogens with zero attached hydrogens (tertiary/aromatic N) is 3. The van der Waals surface area contributed by atoms with Crippen LogP contribution >= 0.6 is 0 Å². The number of hydrogen-bond donors (Lipinski definition) is 1. The number of hydrogen-bond acceptors (Lipinski definition) is 6. The third kappa shape index (κ3) is 6.24. The number of furan rings is 1. The number of anilines is 1. The highest BCUT2D eigenvalue weighted by molar-refractivity contribution is 6.04. The van der Waals surface area contributed by atoms with Crippen LogP contribution in [0, 0.1) is 12.3 Å². The molecule has 3 aromatic rings. The van der Waals surface area contributed by atoms with E-state index in [1.807, 2.05) is 17.0 Å². The van der Waals surface area contributed by atoms with Crippen LogP contribution in [0.3, 0.4) is 0 Å². The molecule has 2 aromatic heterocycles. The standard InChI is InChI=1S/C29H38N4O4/c1-22-7-9-23(10-8-22)33(27(34)25-6-5-21-36-25)24-12-18-32(19-13-24)20-17-29(14-3-2-4-15-29)16-11-26-30-28(35)37-31-26/h5-10,21,24H,2-4,11-20H2,1H3,(H,30,31,35). The predicted octanol–water partition coefficient (Wildman–Crippen LogP) is 5.35. The van der Waals surface area contributed by atoms with Crippen molar-refractivity contribution in [2.75, 3.05) is 24.5 Å². The van der Waals surface area contributed by atoms with E-state index < -0.39 is 5.76 Å². The average Bonchev–Trinajstić information content (AvgIpc) is 3.61. The summed E-state index contributed by atoms with van der Waals surface area (Å²) < 4.78 is 10.2. The van der Waals surface area contributed by atoms with Gasteiger partial charge in [0.1, 0.15) is 5.82 Å². The molecule has 1 N–H and O–H groups in total. The highest BCUT2D eigenvalue weighted by atomic mass is 16.5. The molecule has 1 amide bonds. The summed E-state index contributed by atoms with van der Waals surface area (Å²) in [6.45, 7) is 5.08. The fourth-order valence-electron chi connectivity index (χ4n) is 6.19. The third-order valence-corrected chi connectivity index (χ3v) is 8.43. The molecule has 0 atom stereocenters. The van der Waals surface area contributed by atoms with Crippen molar-refractivity contribution in [1.29, 1.82) is 0 Å². The highest BCUT2D eigenvalue weighted by Crippen LogP contribution is 2.43. The highest BCUT2D eigenvalue weighted by Gasteiger charge is 2.34. The minimum atomic E-state index is -0.541. The third-order valence-electron chi connectivity index (χ3n) is 8.43. The summed E-state index contributed by atoms with van der Waals surface area (Å²) in [6.07, 6.45) is 12.7. The van der Waals surface area contributed by atoms with Gasteiger partial charge in [0, 0.05) is 31.2 Å². The monoisotopic (exact) mass is 506 g/mol. The van der Waals surface area contributed by atoms with Crippen LogP contribution in [0.2, 0.25) is 0 Å². The summed E-state index contributed by atoms with van der Waals surface area (Å²) in [4.78, 5) is 33.2. The molecule has 0 bridgehead atoms. The van der Waals surface area contributed by atoms with Crippen LogP contribution in [0.4, 0.5) is 5.69 Å². The Bertz CT molecular complexity index is 1180. The first-order chi connectivity index (χ1) is 18.0. The van der Waals surface area contributed by atoms with E-state index in [9.17, 15) is 9.59 Å². The number of carbonyl (C=O) groups excluding carboxylic acids is 1. The molecule has 0 unspecified atom stereocenters. The Labute approximate surface area is 218 Å². The molecule has 37 heavy (non-hydrogen) atoms. The molecule has 5 rings (SSSR count). The SMILES string of the molecule is Cc1ccc(N(C(=O)c2ccco2)C2CCN(CCC3(CCc4nc(=O)o[nH]4)CCCCC3)CC2)cc1. The lowest BCUT2D eigenvalue weighted by Gasteiger charge is -2.42. The Balaban J connectivity index is 1.20. The van der Waals surface area contributed by atoms with Gasteiger partial charge < -0.3 is 18.7 Å². The second kappa shape index (κ2) is 11.5. The van der Waals surface area contributed by atoms with E-state index in [1.165, 1.54) is 37.7 Å². The van der Waals surface area contributed by atoms with E-state index in [4.69, 9.17) is 8.94 Å². The molecule has 1 aliphatic carbocycles.